The van der Waals surface area contributed by atoms with Crippen molar-refractivity contribution < 1.29 is 13.2 Å². The molecule has 2 rings (SSSR count). The number of nitrogens with zero attached hydrogens (tertiary/aromatic N) is 1. The molecule has 1 fully saturated rings. The van der Waals surface area contributed by atoms with Gasteiger partial charge in [0.2, 0.25) is 10.0 Å². The summed E-state index contributed by atoms with van der Waals surface area (Å²) >= 11 is 0. The summed E-state index contributed by atoms with van der Waals surface area (Å²) in [5.41, 5.74) is 0.405. The van der Waals surface area contributed by atoms with Crippen LogP contribution in [0.1, 0.15) is 55.8 Å². The molecule has 1 aromatic carbocycles. The van der Waals surface area contributed by atoms with Crippen LogP contribution < -0.4 is 5.32 Å². The molecule has 5 nitrogen and oxygen atoms in total. The fourth-order valence-electron chi connectivity index (χ4n) is 2.82. The van der Waals surface area contributed by atoms with Gasteiger partial charge < -0.3 is 5.32 Å². The van der Waals surface area contributed by atoms with Crippen LogP contribution in [0.25, 0.3) is 0 Å². The van der Waals surface area contributed by atoms with Gasteiger partial charge in [-0.1, -0.05) is 32.3 Å². The van der Waals surface area contributed by atoms with Crippen molar-refractivity contribution in [1.82, 2.24) is 9.62 Å². The summed E-state index contributed by atoms with van der Waals surface area (Å²) in [6, 6.07) is 6.53. The molecule has 1 aliphatic carbocycles. The molecule has 1 aromatic rings. The normalized spacial score (nSPS) is 16.0. The first-order chi connectivity index (χ1) is 10.9. The van der Waals surface area contributed by atoms with Gasteiger partial charge in [0.1, 0.15) is 0 Å². The summed E-state index contributed by atoms with van der Waals surface area (Å²) in [6.45, 7) is 2.51. The van der Waals surface area contributed by atoms with Crippen LogP contribution in [-0.4, -0.2) is 38.3 Å². The third-order valence-electron chi connectivity index (χ3n) is 4.32. The van der Waals surface area contributed by atoms with E-state index in [-0.39, 0.29) is 16.8 Å². The largest absolute Gasteiger partial charge is 0.349 e. The van der Waals surface area contributed by atoms with Crippen LogP contribution in [0.5, 0.6) is 0 Å². The Balaban J connectivity index is 2.13. The molecule has 0 spiro atoms. The van der Waals surface area contributed by atoms with Gasteiger partial charge in [-0.3, -0.25) is 4.79 Å². The molecular weight excluding hydrogens is 312 g/mol. The third-order valence-corrected chi connectivity index (χ3v) is 6.17. The van der Waals surface area contributed by atoms with Gasteiger partial charge in [0.05, 0.1) is 4.90 Å². The number of nitrogens with one attached hydrogen (secondary N) is 1. The monoisotopic (exact) mass is 338 g/mol. The number of carbonyl (C=O) groups is 1. The predicted octanol–water partition coefficient (Wildman–Crippen LogP) is 2.78. The number of benzene rings is 1. The van der Waals surface area contributed by atoms with Crippen LogP contribution in [0.3, 0.4) is 0 Å². The van der Waals surface area contributed by atoms with E-state index in [4.69, 9.17) is 0 Å². The SMILES string of the molecule is CCCCN(C)S(=O)(=O)c1cccc(C(=O)NC2CCCC2)c1. The predicted molar refractivity (Wildman–Crippen MR) is 90.9 cm³/mol. The molecule has 0 saturated heterocycles. The molecule has 0 heterocycles. The van der Waals surface area contributed by atoms with E-state index in [1.165, 1.54) is 10.4 Å². The summed E-state index contributed by atoms with van der Waals surface area (Å²) in [7, 11) is -1.96. The Hall–Kier alpha value is -1.40. The second-order valence-electron chi connectivity index (χ2n) is 6.16. The van der Waals surface area contributed by atoms with Gasteiger partial charge in [-0.25, -0.2) is 12.7 Å². The van der Waals surface area contributed by atoms with Crippen molar-refractivity contribution in [3.63, 3.8) is 0 Å². The molecule has 0 radical (unpaired) electrons. The molecule has 1 amide bonds. The fraction of sp³-hybridized carbons (Fsp3) is 0.588. The lowest BCUT2D eigenvalue weighted by Gasteiger charge is -2.17. The Morgan fingerprint density at radius 2 is 2.00 bits per heavy atom. The number of hydrogen-bond acceptors (Lipinski definition) is 3. The van der Waals surface area contributed by atoms with Gasteiger partial charge in [0.15, 0.2) is 0 Å². The minimum atomic E-state index is -3.54. The second kappa shape index (κ2) is 7.93. The van der Waals surface area contributed by atoms with E-state index >= 15 is 0 Å². The Morgan fingerprint density at radius 1 is 1.30 bits per heavy atom. The first-order valence-corrected chi connectivity index (χ1v) is 9.76. The molecule has 1 aliphatic rings. The maximum absolute atomic E-state index is 12.6. The average Bonchev–Trinajstić information content (AvgIpc) is 3.05. The Labute approximate surface area is 139 Å². The second-order valence-corrected chi connectivity index (χ2v) is 8.21. The van der Waals surface area contributed by atoms with E-state index in [0.29, 0.717) is 12.1 Å². The number of carbonyl (C=O) groups excluding carboxylic acids is 1. The molecule has 0 unspecified atom stereocenters. The van der Waals surface area contributed by atoms with Crippen molar-refractivity contribution in [2.24, 2.45) is 0 Å². The third kappa shape index (κ3) is 4.54. The minimum Gasteiger partial charge on any atom is -0.349 e. The van der Waals surface area contributed by atoms with Crippen LogP contribution in [0.2, 0.25) is 0 Å². The van der Waals surface area contributed by atoms with Crippen molar-refractivity contribution in [2.45, 2.75) is 56.4 Å². The van der Waals surface area contributed by atoms with Crippen LogP contribution in [-0.2, 0) is 10.0 Å². The molecule has 0 atom stereocenters. The summed E-state index contributed by atoms with van der Waals surface area (Å²) in [5, 5.41) is 2.99. The molecule has 0 bridgehead atoms. The van der Waals surface area contributed by atoms with E-state index in [1.807, 2.05) is 6.92 Å². The standard InChI is InChI=1S/C17H26N2O3S/c1-3-4-12-19(2)23(21,22)16-11-7-8-14(13-16)17(20)18-15-9-5-6-10-15/h7-8,11,13,15H,3-6,9-10,12H2,1-2H3,(H,18,20). The molecule has 0 aromatic heterocycles. The van der Waals surface area contributed by atoms with Crippen molar-refractivity contribution in [3.8, 4) is 0 Å². The molecule has 0 aliphatic heterocycles. The Morgan fingerprint density at radius 3 is 2.65 bits per heavy atom. The number of hydrogen-bond donors (Lipinski definition) is 1. The summed E-state index contributed by atoms with van der Waals surface area (Å²) in [4.78, 5) is 12.5. The zero-order valence-corrected chi connectivity index (χ0v) is 14.7. The highest BCUT2D eigenvalue weighted by Crippen LogP contribution is 2.20. The Bertz CT molecular complexity index is 637. The van der Waals surface area contributed by atoms with Gasteiger partial charge in [-0.05, 0) is 37.5 Å². The van der Waals surface area contributed by atoms with Gasteiger partial charge >= 0.3 is 0 Å². The van der Waals surface area contributed by atoms with Crippen LogP contribution in [0, 0.1) is 0 Å². The van der Waals surface area contributed by atoms with Crippen molar-refractivity contribution in [2.75, 3.05) is 13.6 Å². The quantitative estimate of drug-likeness (QED) is 0.831. The van der Waals surface area contributed by atoms with Gasteiger partial charge in [-0.15, -0.1) is 0 Å². The van der Waals surface area contributed by atoms with Crippen molar-refractivity contribution in [1.29, 1.82) is 0 Å². The molecular formula is C17H26N2O3S. The lowest BCUT2D eigenvalue weighted by molar-refractivity contribution is 0.0937. The topological polar surface area (TPSA) is 66.5 Å². The number of sulfonamides is 1. The number of unbranched alkanes of at least 4 members (excludes halogenated alkanes) is 1. The minimum absolute atomic E-state index is 0.176. The molecule has 128 valence electrons. The highest BCUT2D eigenvalue weighted by atomic mass is 32.2. The van der Waals surface area contributed by atoms with Gasteiger partial charge in [0, 0.05) is 25.2 Å². The zero-order valence-electron chi connectivity index (χ0n) is 13.9. The molecule has 1 saturated carbocycles. The van der Waals surface area contributed by atoms with Gasteiger partial charge in [-0.2, -0.15) is 0 Å². The fourth-order valence-corrected chi connectivity index (χ4v) is 4.07. The van der Waals surface area contributed by atoms with Crippen molar-refractivity contribution in [3.05, 3.63) is 29.8 Å². The summed E-state index contributed by atoms with van der Waals surface area (Å²) in [5.74, 6) is -0.190. The van der Waals surface area contributed by atoms with Crippen LogP contribution in [0.4, 0.5) is 0 Å². The van der Waals surface area contributed by atoms with Crippen LogP contribution in [0.15, 0.2) is 29.2 Å². The maximum atomic E-state index is 12.6. The van der Waals surface area contributed by atoms with E-state index in [0.717, 1.165) is 38.5 Å². The average molecular weight is 338 g/mol. The highest BCUT2D eigenvalue weighted by Gasteiger charge is 2.22. The molecule has 23 heavy (non-hydrogen) atoms. The summed E-state index contributed by atoms with van der Waals surface area (Å²) < 4.78 is 26.5. The van der Waals surface area contributed by atoms with E-state index in [1.54, 1.807) is 25.2 Å². The number of rotatable bonds is 7. The first-order valence-electron chi connectivity index (χ1n) is 8.32. The van der Waals surface area contributed by atoms with E-state index < -0.39 is 10.0 Å². The summed E-state index contributed by atoms with van der Waals surface area (Å²) in [6.07, 6.45) is 6.04. The molecule has 6 heteroatoms. The van der Waals surface area contributed by atoms with E-state index in [2.05, 4.69) is 5.32 Å². The highest BCUT2D eigenvalue weighted by molar-refractivity contribution is 7.89. The Kier molecular flexibility index (Phi) is 6.18. The lowest BCUT2D eigenvalue weighted by atomic mass is 10.2. The zero-order chi connectivity index (χ0) is 16.9. The van der Waals surface area contributed by atoms with Crippen molar-refractivity contribution >= 4 is 15.9 Å². The molecule has 1 N–H and O–H groups in total. The van der Waals surface area contributed by atoms with Crippen LogP contribution >= 0.6 is 0 Å². The smallest absolute Gasteiger partial charge is 0.251 e. The lowest BCUT2D eigenvalue weighted by Crippen LogP contribution is -2.33. The first kappa shape index (κ1) is 17.9. The number of amides is 1. The van der Waals surface area contributed by atoms with E-state index in [9.17, 15) is 13.2 Å². The maximum Gasteiger partial charge on any atom is 0.251 e. The van der Waals surface area contributed by atoms with Gasteiger partial charge in [0.25, 0.3) is 5.91 Å².